The first-order valence-electron chi connectivity index (χ1n) is 6.04. The van der Waals surface area contributed by atoms with Crippen molar-refractivity contribution in [2.24, 2.45) is 5.73 Å². The summed E-state index contributed by atoms with van der Waals surface area (Å²) in [5, 5.41) is 3.63. The maximum absolute atomic E-state index is 5.75. The Morgan fingerprint density at radius 2 is 2.00 bits per heavy atom. The Balaban J connectivity index is 2.09. The highest BCUT2D eigenvalue weighted by molar-refractivity contribution is 9.10. The molecule has 0 saturated heterocycles. The van der Waals surface area contributed by atoms with E-state index in [1.54, 1.807) is 0 Å². The Kier molecular flexibility index (Phi) is 4.24. The molecule has 0 aliphatic heterocycles. The van der Waals surface area contributed by atoms with Gasteiger partial charge >= 0.3 is 0 Å². The molecule has 3 N–H and O–H groups in total. The largest absolute Gasteiger partial charge is 0.382 e. The summed E-state index contributed by atoms with van der Waals surface area (Å²) >= 11 is 3.51. The average molecular weight is 283 g/mol. The monoisotopic (exact) mass is 282 g/mol. The quantitative estimate of drug-likeness (QED) is 0.888. The van der Waals surface area contributed by atoms with Crippen LogP contribution >= 0.6 is 15.9 Å². The molecule has 1 aromatic rings. The molecule has 0 amide bonds. The SMILES string of the molecule is NCc1ccc(Br)cc1NC1CCCCC1. The van der Waals surface area contributed by atoms with Gasteiger partial charge in [0, 0.05) is 22.7 Å². The van der Waals surface area contributed by atoms with E-state index in [-0.39, 0.29) is 0 Å². The molecule has 0 atom stereocenters. The third kappa shape index (κ3) is 2.98. The second kappa shape index (κ2) is 5.69. The predicted molar refractivity (Wildman–Crippen MR) is 72.5 cm³/mol. The fourth-order valence-corrected chi connectivity index (χ4v) is 2.69. The molecule has 1 fully saturated rings. The fraction of sp³-hybridized carbons (Fsp3) is 0.538. The van der Waals surface area contributed by atoms with Crippen LogP contribution < -0.4 is 11.1 Å². The van der Waals surface area contributed by atoms with Crippen molar-refractivity contribution < 1.29 is 0 Å². The van der Waals surface area contributed by atoms with Crippen LogP contribution in [-0.4, -0.2) is 6.04 Å². The number of nitrogens with two attached hydrogens (primary N) is 1. The number of benzene rings is 1. The molecule has 1 aliphatic rings. The van der Waals surface area contributed by atoms with Gasteiger partial charge in [0.15, 0.2) is 0 Å². The lowest BCUT2D eigenvalue weighted by molar-refractivity contribution is 0.462. The van der Waals surface area contributed by atoms with Crippen LogP contribution in [0.2, 0.25) is 0 Å². The summed E-state index contributed by atoms with van der Waals surface area (Å²) in [6.45, 7) is 0.600. The highest BCUT2D eigenvalue weighted by Crippen LogP contribution is 2.26. The molecular weight excluding hydrogens is 264 g/mol. The summed E-state index contributed by atoms with van der Waals surface area (Å²) in [6.07, 6.45) is 6.67. The van der Waals surface area contributed by atoms with Gasteiger partial charge in [-0.1, -0.05) is 41.3 Å². The Bertz CT molecular complexity index is 346. The maximum atomic E-state index is 5.75. The van der Waals surface area contributed by atoms with Crippen LogP contribution in [0, 0.1) is 0 Å². The zero-order chi connectivity index (χ0) is 11.4. The van der Waals surface area contributed by atoms with Crippen molar-refractivity contribution in [2.45, 2.75) is 44.7 Å². The van der Waals surface area contributed by atoms with Gasteiger partial charge < -0.3 is 11.1 Å². The summed E-state index contributed by atoms with van der Waals surface area (Å²) in [6, 6.07) is 6.91. The van der Waals surface area contributed by atoms with Crippen LogP contribution in [0.15, 0.2) is 22.7 Å². The molecule has 0 aromatic heterocycles. The Morgan fingerprint density at radius 3 is 2.69 bits per heavy atom. The number of rotatable bonds is 3. The van der Waals surface area contributed by atoms with Crippen LogP contribution in [-0.2, 0) is 6.54 Å². The van der Waals surface area contributed by atoms with Crippen LogP contribution in [0.4, 0.5) is 5.69 Å². The van der Waals surface area contributed by atoms with Gasteiger partial charge in [0.1, 0.15) is 0 Å². The molecule has 2 rings (SSSR count). The van der Waals surface area contributed by atoms with E-state index >= 15 is 0 Å². The van der Waals surface area contributed by atoms with Crippen molar-refractivity contribution >= 4 is 21.6 Å². The lowest BCUT2D eigenvalue weighted by Crippen LogP contribution is -2.23. The molecular formula is C13H19BrN2. The number of anilines is 1. The van der Waals surface area contributed by atoms with Gasteiger partial charge in [-0.25, -0.2) is 0 Å². The van der Waals surface area contributed by atoms with Crippen molar-refractivity contribution in [2.75, 3.05) is 5.32 Å². The lowest BCUT2D eigenvalue weighted by atomic mass is 9.95. The summed E-state index contributed by atoms with van der Waals surface area (Å²) < 4.78 is 1.11. The minimum Gasteiger partial charge on any atom is -0.382 e. The molecule has 0 radical (unpaired) electrons. The van der Waals surface area contributed by atoms with E-state index < -0.39 is 0 Å². The summed E-state index contributed by atoms with van der Waals surface area (Å²) in [5.74, 6) is 0. The van der Waals surface area contributed by atoms with Gasteiger partial charge in [-0.05, 0) is 30.5 Å². The zero-order valence-corrected chi connectivity index (χ0v) is 11.1. The minimum atomic E-state index is 0.600. The standard InChI is InChI=1S/C13H19BrN2/c14-11-7-6-10(9-15)13(8-11)16-12-4-2-1-3-5-12/h6-8,12,16H,1-5,9,15H2. The minimum absolute atomic E-state index is 0.600. The highest BCUT2D eigenvalue weighted by atomic mass is 79.9. The maximum Gasteiger partial charge on any atom is 0.0399 e. The normalized spacial score (nSPS) is 17.4. The molecule has 1 aromatic carbocycles. The summed E-state index contributed by atoms with van der Waals surface area (Å²) in [4.78, 5) is 0. The van der Waals surface area contributed by atoms with Crippen molar-refractivity contribution in [3.8, 4) is 0 Å². The lowest BCUT2D eigenvalue weighted by Gasteiger charge is -2.25. The Morgan fingerprint density at radius 1 is 1.25 bits per heavy atom. The van der Waals surface area contributed by atoms with Gasteiger partial charge in [0.05, 0.1) is 0 Å². The van der Waals surface area contributed by atoms with Crippen molar-refractivity contribution in [3.05, 3.63) is 28.2 Å². The fourth-order valence-electron chi connectivity index (χ4n) is 2.33. The number of nitrogens with one attached hydrogen (secondary N) is 1. The molecule has 0 bridgehead atoms. The van der Waals surface area contributed by atoms with Crippen molar-refractivity contribution in [1.29, 1.82) is 0 Å². The van der Waals surface area contributed by atoms with Crippen molar-refractivity contribution in [1.82, 2.24) is 0 Å². The molecule has 0 unspecified atom stereocenters. The molecule has 1 aliphatic carbocycles. The molecule has 0 spiro atoms. The molecule has 0 heterocycles. The van der Waals surface area contributed by atoms with Gasteiger partial charge in [-0.15, -0.1) is 0 Å². The molecule has 2 nitrogen and oxygen atoms in total. The van der Waals surface area contributed by atoms with Crippen LogP contribution in [0.5, 0.6) is 0 Å². The van der Waals surface area contributed by atoms with E-state index in [2.05, 4.69) is 33.4 Å². The van der Waals surface area contributed by atoms with E-state index in [4.69, 9.17) is 5.73 Å². The van der Waals surface area contributed by atoms with Crippen LogP contribution in [0.25, 0.3) is 0 Å². The first-order valence-corrected chi connectivity index (χ1v) is 6.84. The number of hydrogen-bond acceptors (Lipinski definition) is 2. The van der Waals surface area contributed by atoms with Gasteiger partial charge in [0.25, 0.3) is 0 Å². The predicted octanol–water partition coefficient (Wildman–Crippen LogP) is 3.65. The van der Waals surface area contributed by atoms with Crippen molar-refractivity contribution in [3.63, 3.8) is 0 Å². The van der Waals surface area contributed by atoms with E-state index in [1.165, 1.54) is 43.4 Å². The molecule has 16 heavy (non-hydrogen) atoms. The number of halogens is 1. The van der Waals surface area contributed by atoms with Crippen LogP contribution in [0.3, 0.4) is 0 Å². The first kappa shape index (κ1) is 11.9. The Labute approximate surface area is 106 Å². The second-order valence-electron chi connectivity index (χ2n) is 4.48. The topological polar surface area (TPSA) is 38.0 Å². The average Bonchev–Trinajstić information content (AvgIpc) is 2.31. The van der Waals surface area contributed by atoms with E-state index in [1.807, 2.05) is 6.07 Å². The first-order chi connectivity index (χ1) is 7.79. The highest BCUT2D eigenvalue weighted by Gasteiger charge is 2.14. The third-order valence-electron chi connectivity index (χ3n) is 3.26. The van der Waals surface area contributed by atoms with Gasteiger partial charge in [-0.3, -0.25) is 0 Å². The third-order valence-corrected chi connectivity index (χ3v) is 3.75. The Hall–Kier alpha value is -0.540. The number of hydrogen-bond donors (Lipinski definition) is 2. The second-order valence-corrected chi connectivity index (χ2v) is 5.40. The molecule has 1 saturated carbocycles. The molecule has 3 heteroatoms. The zero-order valence-electron chi connectivity index (χ0n) is 9.51. The van der Waals surface area contributed by atoms with Crippen LogP contribution in [0.1, 0.15) is 37.7 Å². The summed E-state index contributed by atoms with van der Waals surface area (Å²) in [5.41, 5.74) is 8.15. The molecule has 88 valence electrons. The van der Waals surface area contributed by atoms with Gasteiger partial charge in [-0.2, -0.15) is 0 Å². The smallest absolute Gasteiger partial charge is 0.0399 e. The van der Waals surface area contributed by atoms with E-state index in [9.17, 15) is 0 Å². The van der Waals surface area contributed by atoms with E-state index in [0.717, 1.165) is 4.47 Å². The summed E-state index contributed by atoms with van der Waals surface area (Å²) in [7, 11) is 0. The van der Waals surface area contributed by atoms with Gasteiger partial charge in [0.2, 0.25) is 0 Å². The van der Waals surface area contributed by atoms with E-state index in [0.29, 0.717) is 12.6 Å².